The number of carbonyl (C=O) groups is 1. The first-order valence-electron chi connectivity index (χ1n) is 5.89. The lowest BCUT2D eigenvalue weighted by Gasteiger charge is -2.11. The average molecular weight is 365 g/mol. The molecule has 0 spiro atoms. The van der Waals surface area contributed by atoms with Gasteiger partial charge in [-0.3, -0.25) is 10.1 Å². The van der Waals surface area contributed by atoms with E-state index in [0.29, 0.717) is 6.07 Å². The highest BCUT2D eigenvalue weighted by Gasteiger charge is 2.49. The Morgan fingerprint density at radius 3 is 2.33 bits per heavy atom. The van der Waals surface area contributed by atoms with Gasteiger partial charge >= 0.3 is 27.3 Å². The number of hydrogen-bond donors (Lipinski definition) is 1. The van der Waals surface area contributed by atoms with Gasteiger partial charge in [0, 0.05) is 0 Å². The third-order valence-corrected chi connectivity index (χ3v) is 3.83. The molecule has 12 heteroatoms. The Morgan fingerprint density at radius 2 is 1.83 bits per heavy atom. The zero-order valence-electron chi connectivity index (χ0n) is 11.3. The van der Waals surface area contributed by atoms with Crippen molar-refractivity contribution in [1.82, 2.24) is 0 Å². The van der Waals surface area contributed by atoms with Crippen LogP contribution in [0.25, 0.3) is 10.8 Å². The quantitative estimate of drug-likeness (QED) is 0.382. The maximum atomic E-state index is 12.4. The molecular weight excluding hydrogens is 359 g/mol. The number of nitro groups is 1. The minimum absolute atomic E-state index is 0.0124. The fraction of sp³-hybridized carbons (Fsp3) is 0.0833. The van der Waals surface area contributed by atoms with Gasteiger partial charge in [-0.1, -0.05) is 6.07 Å². The molecule has 0 aromatic heterocycles. The van der Waals surface area contributed by atoms with Crippen LogP contribution in [0.4, 0.5) is 18.9 Å². The van der Waals surface area contributed by atoms with Crippen LogP contribution in [0.5, 0.6) is 5.75 Å². The fourth-order valence-electron chi connectivity index (χ4n) is 1.85. The van der Waals surface area contributed by atoms with Crippen LogP contribution in [-0.4, -0.2) is 29.9 Å². The molecular formula is C12H6F3NO7S. The Hall–Kier alpha value is -2.89. The van der Waals surface area contributed by atoms with Gasteiger partial charge in [0.05, 0.1) is 15.9 Å². The zero-order valence-corrected chi connectivity index (χ0v) is 12.1. The molecule has 2 aromatic rings. The summed E-state index contributed by atoms with van der Waals surface area (Å²) < 4.78 is 63.0. The highest BCUT2D eigenvalue weighted by molar-refractivity contribution is 7.88. The molecule has 2 aromatic carbocycles. The van der Waals surface area contributed by atoms with Gasteiger partial charge in [-0.15, -0.1) is 0 Å². The van der Waals surface area contributed by atoms with E-state index in [-0.39, 0.29) is 16.3 Å². The molecule has 0 amide bonds. The number of alkyl halides is 3. The molecule has 0 unspecified atom stereocenters. The minimum atomic E-state index is -6.10. The fourth-order valence-corrected chi connectivity index (χ4v) is 2.31. The lowest BCUT2D eigenvalue weighted by Crippen LogP contribution is -2.28. The Morgan fingerprint density at radius 1 is 1.21 bits per heavy atom. The van der Waals surface area contributed by atoms with E-state index >= 15 is 0 Å². The SMILES string of the molecule is O=C(O)c1ccc2c([N+](=O)[O-])c(OS(=O)(=O)C(F)(F)F)ccc2c1. The number of carboxylic acids is 1. The predicted octanol–water partition coefficient (Wildman–Crippen LogP) is 2.67. The number of benzene rings is 2. The van der Waals surface area contributed by atoms with Crippen LogP contribution in [0.2, 0.25) is 0 Å². The van der Waals surface area contributed by atoms with E-state index in [0.717, 1.165) is 24.3 Å². The molecule has 0 saturated carbocycles. The molecule has 0 aliphatic carbocycles. The number of fused-ring (bicyclic) bond motifs is 1. The summed E-state index contributed by atoms with van der Waals surface area (Å²) in [6.45, 7) is 0. The molecule has 0 radical (unpaired) electrons. The minimum Gasteiger partial charge on any atom is -0.478 e. The number of halogens is 3. The average Bonchev–Trinajstić information content (AvgIpc) is 2.44. The number of carboxylic acid groups (broad SMARTS) is 1. The standard InChI is InChI=1S/C12H6F3NO7S/c13-12(14,15)24(21,22)23-9-4-2-6-5-7(11(17)18)1-3-8(6)10(9)16(19)20/h1-5H,(H,17,18). The molecule has 0 aliphatic heterocycles. The molecule has 1 N–H and O–H groups in total. The second-order valence-electron chi connectivity index (χ2n) is 4.39. The lowest BCUT2D eigenvalue weighted by atomic mass is 10.0. The first-order valence-corrected chi connectivity index (χ1v) is 7.30. The molecule has 0 saturated heterocycles. The predicted molar refractivity (Wildman–Crippen MR) is 73.2 cm³/mol. The topological polar surface area (TPSA) is 124 Å². The number of nitro benzene ring substituents is 1. The zero-order chi connectivity index (χ0) is 18.3. The van der Waals surface area contributed by atoms with E-state index in [1.165, 1.54) is 0 Å². The summed E-state index contributed by atoms with van der Waals surface area (Å²) in [6.07, 6.45) is 0. The number of aromatic carboxylic acids is 1. The third kappa shape index (κ3) is 3.08. The van der Waals surface area contributed by atoms with Gasteiger partial charge in [-0.05, 0) is 29.7 Å². The van der Waals surface area contributed by atoms with Crippen LogP contribution >= 0.6 is 0 Å². The summed E-state index contributed by atoms with van der Waals surface area (Å²) in [7, 11) is -6.10. The van der Waals surface area contributed by atoms with Crippen LogP contribution in [-0.2, 0) is 10.1 Å². The van der Waals surface area contributed by atoms with Crippen LogP contribution in [0.15, 0.2) is 30.3 Å². The maximum absolute atomic E-state index is 12.4. The summed E-state index contributed by atoms with van der Waals surface area (Å²) in [6, 6.07) is 4.67. The summed E-state index contributed by atoms with van der Waals surface area (Å²) in [4.78, 5) is 20.9. The van der Waals surface area contributed by atoms with Crippen molar-refractivity contribution in [2.45, 2.75) is 5.51 Å². The van der Waals surface area contributed by atoms with Crippen molar-refractivity contribution in [2.24, 2.45) is 0 Å². The number of rotatable bonds is 4. The van der Waals surface area contributed by atoms with Gasteiger partial charge in [0.1, 0.15) is 0 Å². The summed E-state index contributed by atoms with van der Waals surface area (Å²) in [5.74, 6) is -2.45. The van der Waals surface area contributed by atoms with Gasteiger partial charge < -0.3 is 9.29 Å². The van der Waals surface area contributed by atoms with Crippen molar-refractivity contribution in [2.75, 3.05) is 0 Å². The third-order valence-electron chi connectivity index (χ3n) is 2.87. The van der Waals surface area contributed by atoms with Crippen LogP contribution < -0.4 is 4.18 Å². The summed E-state index contributed by atoms with van der Waals surface area (Å²) >= 11 is 0. The molecule has 2 rings (SSSR count). The van der Waals surface area contributed by atoms with Crippen molar-refractivity contribution in [1.29, 1.82) is 0 Å². The van der Waals surface area contributed by atoms with E-state index < -0.39 is 38.0 Å². The smallest absolute Gasteiger partial charge is 0.478 e. The normalized spacial score (nSPS) is 12.1. The Labute approximate surface area is 131 Å². The van der Waals surface area contributed by atoms with Crippen LogP contribution in [0, 0.1) is 10.1 Å². The van der Waals surface area contributed by atoms with Crippen molar-refractivity contribution in [3.63, 3.8) is 0 Å². The van der Waals surface area contributed by atoms with Gasteiger partial charge in [-0.2, -0.15) is 21.6 Å². The Balaban J connectivity index is 2.69. The van der Waals surface area contributed by atoms with E-state index in [4.69, 9.17) is 5.11 Å². The van der Waals surface area contributed by atoms with Crippen LogP contribution in [0.1, 0.15) is 10.4 Å². The molecule has 8 nitrogen and oxygen atoms in total. The molecule has 24 heavy (non-hydrogen) atoms. The number of hydrogen-bond acceptors (Lipinski definition) is 6. The van der Waals surface area contributed by atoms with Crippen molar-refractivity contribution >= 4 is 32.5 Å². The van der Waals surface area contributed by atoms with E-state index in [1.54, 1.807) is 0 Å². The van der Waals surface area contributed by atoms with Crippen LogP contribution in [0.3, 0.4) is 0 Å². The first-order chi connectivity index (χ1) is 10.9. The lowest BCUT2D eigenvalue weighted by molar-refractivity contribution is -0.383. The van der Waals surface area contributed by atoms with Gasteiger partial charge in [0.2, 0.25) is 5.75 Å². The number of nitrogens with zero attached hydrogens (tertiary/aromatic N) is 1. The maximum Gasteiger partial charge on any atom is 0.534 e. The summed E-state index contributed by atoms with van der Waals surface area (Å²) in [5.41, 5.74) is -7.01. The summed E-state index contributed by atoms with van der Waals surface area (Å²) in [5, 5.41) is 19.7. The first kappa shape index (κ1) is 17.5. The van der Waals surface area contributed by atoms with Gasteiger partial charge in [-0.25, -0.2) is 4.79 Å². The van der Waals surface area contributed by atoms with E-state index in [1.807, 2.05) is 0 Å². The van der Waals surface area contributed by atoms with E-state index in [2.05, 4.69) is 4.18 Å². The van der Waals surface area contributed by atoms with Gasteiger partial charge in [0.25, 0.3) is 0 Å². The van der Waals surface area contributed by atoms with Gasteiger partial charge in [0.15, 0.2) is 0 Å². The van der Waals surface area contributed by atoms with Crippen molar-refractivity contribution in [3.8, 4) is 5.75 Å². The van der Waals surface area contributed by atoms with Crippen molar-refractivity contribution in [3.05, 3.63) is 46.0 Å². The molecule has 0 bridgehead atoms. The molecule has 0 aliphatic rings. The van der Waals surface area contributed by atoms with E-state index in [9.17, 15) is 36.5 Å². The monoisotopic (exact) mass is 365 g/mol. The second-order valence-corrected chi connectivity index (χ2v) is 5.93. The molecule has 128 valence electrons. The second kappa shape index (κ2) is 5.63. The Kier molecular flexibility index (Phi) is 4.10. The molecule has 0 fully saturated rings. The highest BCUT2D eigenvalue weighted by Crippen LogP contribution is 2.38. The highest BCUT2D eigenvalue weighted by atomic mass is 32.2. The molecule has 0 heterocycles. The molecule has 0 atom stereocenters. The van der Waals surface area contributed by atoms with Crippen molar-refractivity contribution < 1.29 is 40.6 Å². The largest absolute Gasteiger partial charge is 0.534 e. The Bertz CT molecular complexity index is 953.